The molecule has 127 heavy (non-hydrogen) atoms. The maximum absolute atomic E-state index is 11.6. The minimum atomic E-state index is -0.710. The predicted molar refractivity (Wildman–Crippen MR) is 489 cm³/mol. The van der Waals surface area contributed by atoms with Gasteiger partial charge in [-0.05, 0) is 176 Å². The lowest BCUT2D eigenvalue weighted by Crippen LogP contribution is -2.41. The van der Waals surface area contributed by atoms with E-state index < -0.39 is 18.3 Å². The highest BCUT2D eigenvalue weighted by Gasteiger charge is 2.54. The molecular weight excluding hydrogens is 1880 g/mol. The standard InChI is InChI=1S/C24H23N7O2S.C16H19ClN4O2S.C15H15ClN4O3S.C14H16BN3O2.C8H8ClIN2O.C7H8N2O2S/c1-24(2,32)18-6-16(18)22-29-30-23(34-22)17-10-26-20(7-19(17)28-14-11-33-12-14)21-4-3-15-5-13(8-25)9-27-31(15)21;1-16(2,22)11-3-9(11)14-20-21-15(24-14)10-5-18-13(17)4-12(10)19-8-6-23-7-8;1-22-15(21)9-2-8(9)13-19-20-14(24-13)10-4-17-12(16)3-11(10)18-7-5-23-6-7;1-13(2)14(3,4)20-15(19-13)12-6-5-11-7-10(8-16)9-17-18(11)12;9-8-1-7(6(10)2-11-8)12-5-3-13-4-5;1-11-7(10)5-2-4(5)6-9-8-3-12-6/h3-5,7,9-10,14,16,18,32H,6,11-12H2,1-2H3,(H,26,28);4-5,8-9,11,22H,3,6-7H2,1-2H3,(H,18,19);3-4,7-9H,2,5-6H2,1H3,(H,17,18);5-7,9H,1-4H3;1-2,5H,3-4H2,(H,11,12);3-5H,2H2,1H3. The van der Waals surface area contributed by atoms with Crippen LogP contribution < -0.4 is 26.9 Å². The zero-order valence-electron chi connectivity index (χ0n) is 70.5. The van der Waals surface area contributed by atoms with Gasteiger partial charge in [0.15, 0.2) is 15.0 Å². The Balaban J connectivity index is 0.000000116. The zero-order chi connectivity index (χ0) is 89.4. The first kappa shape index (κ1) is 91.0. The van der Waals surface area contributed by atoms with Crippen molar-refractivity contribution in [2.75, 3.05) is 88.3 Å². The average molecular weight is 1970 g/mol. The van der Waals surface area contributed by atoms with Crippen LogP contribution in [-0.2, 0) is 47.3 Å². The second-order valence-corrected chi connectivity index (χ2v) is 40.2. The van der Waals surface area contributed by atoms with Gasteiger partial charge in [0.25, 0.3) is 0 Å². The fourth-order valence-electron chi connectivity index (χ4n) is 14.6. The second-order valence-electron chi connectivity index (χ2n) is 33.9. The quantitative estimate of drug-likeness (QED) is 0.0168. The van der Waals surface area contributed by atoms with Crippen LogP contribution in [0.1, 0.15) is 136 Å². The number of pyridine rings is 4. The number of esters is 2. The van der Waals surface area contributed by atoms with Gasteiger partial charge in [-0.25, -0.2) is 24.0 Å². The number of hydrogen-bond acceptors (Lipinski definition) is 36. The number of nitrogens with zero attached hydrogens (tertiary/aromatic N) is 18. The number of halogens is 4. The first-order chi connectivity index (χ1) is 60.9. The molecule has 0 amide bonds. The largest absolute Gasteiger partial charge is 0.514 e. The van der Waals surface area contributed by atoms with Crippen molar-refractivity contribution in [1.82, 2.24) is 80.0 Å². The van der Waals surface area contributed by atoms with E-state index in [4.69, 9.17) is 83.3 Å². The molecule has 5 aliphatic heterocycles. The average Bonchev–Trinajstić information content (AvgIpc) is 1.60. The number of carbonyl (C=O) groups is 2. The Bertz CT molecular complexity index is 6050. The molecule has 9 fully saturated rings. The van der Waals surface area contributed by atoms with E-state index in [-0.39, 0.29) is 82.7 Å². The lowest BCUT2D eigenvalue weighted by atomic mass is 9.85. The predicted octanol–water partition coefficient (Wildman–Crippen LogP) is 13.2. The van der Waals surface area contributed by atoms with Gasteiger partial charge in [0, 0.05) is 65.5 Å². The van der Waals surface area contributed by atoms with Crippen LogP contribution in [0.5, 0.6) is 0 Å². The van der Waals surface area contributed by atoms with Crippen LogP contribution in [0.25, 0.3) is 54.1 Å². The molecule has 8 unspecified atom stereocenters. The van der Waals surface area contributed by atoms with Gasteiger partial charge in [-0.15, -0.1) is 52.1 Å². The van der Waals surface area contributed by atoms with Crippen LogP contribution in [0.4, 0.5) is 22.7 Å². The van der Waals surface area contributed by atoms with Crippen LogP contribution in [-0.4, -0.2) is 223 Å². The first-order valence-corrected chi connectivity index (χ1v) is 46.4. The van der Waals surface area contributed by atoms with Gasteiger partial charge in [0.05, 0.1) is 203 Å². The number of anilines is 4. The number of hydrogen-bond donors (Lipinski definition) is 6. The maximum atomic E-state index is 11.6. The summed E-state index contributed by atoms with van der Waals surface area (Å²) >= 11 is 26.2. The van der Waals surface area contributed by atoms with E-state index >= 15 is 0 Å². The zero-order valence-corrected chi connectivity index (χ0v) is 78.2. The van der Waals surface area contributed by atoms with E-state index in [1.54, 1.807) is 86.4 Å². The number of methoxy groups -OCH3 is 2. The smallest absolute Gasteiger partial charge is 0.469 e. The van der Waals surface area contributed by atoms with Crippen molar-refractivity contribution < 1.29 is 57.5 Å². The summed E-state index contributed by atoms with van der Waals surface area (Å²) in [5.41, 5.74) is 11.1. The topological polar surface area (TPSA) is 433 Å². The van der Waals surface area contributed by atoms with Crippen molar-refractivity contribution in [1.29, 1.82) is 10.5 Å². The fraction of sp³-hybridized carbons (Fsp3) is 0.452. The highest BCUT2D eigenvalue weighted by atomic mass is 127. The molecular formula is C84H89BCl3IN22O12S4. The van der Waals surface area contributed by atoms with E-state index in [0.29, 0.717) is 78.2 Å². The molecule has 0 aromatic carbocycles. The highest BCUT2D eigenvalue weighted by molar-refractivity contribution is 14.1. The molecule has 662 valence electrons. The molecule has 34 nitrogen and oxygen atoms in total. The Morgan fingerprint density at radius 1 is 0.520 bits per heavy atom. The third-order valence-corrected chi connectivity index (χ3v) is 28.7. The second kappa shape index (κ2) is 38.4. The molecule has 17 heterocycles. The highest BCUT2D eigenvalue weighted by Crippen LogP contribution is 2.57. The van der Waals surface area contributed by atoms with Crippen molar-refractivity contribution in [3.8, 4) is 55.2 Å². The first-order valence-electron chi connectivity index (χ1n) is 40.9. The Morgan fingerprint density at radius 3 is 1.34 bits per heavy atom. The summed E-state index contributed by atoms with van der Waals surface area (Å²) in [5.74, 6) is 1.03. The van der Waals surface area contributed by atoms with Gasteiger partial charge in [-0.3, -0.25) is 14.6 Å². The van der Waals surface area contributed by atoms with Crippen molar-refractivity contribution in [2.45, 2.75) is 151 Å². The molecule has 9 aliphatic rings. The Hall–Kier alpha value is -9.32. The van der Waals surface area contributed by atoms with Crippen LogP contribution in [0, 0.1) is 49.9 Å². The number of aliphatic hydroxyl groups is 2. The summed E-state index contributed by atoms with van der Waals surface area (Å²) in [4.78, 5) is 39.6. The lowest BCUT2D eigenvalue weighted by molar-refractivity contribution is -0.143. The van der Waals surface area contributed by atoms with E-state index in [2.05, 4.69) is 127 Å². The SMILES string of the molecule is CC(C)(O)C1CC1c1nnc(-c2cnc(-c3ccc4cc(C#N)cnn34)cc2NC2COC2)s1.CC(C)(O)C1CC1c1nnc(-c2cnc(Cl)cc2NC2COC2)s1.CC1(C)OB(c2ccc3cc(C#N)cnn23)OC1(C)C.COC(=O)C1CC1c1nnc(-c2cnc(Cl)cc2NC2COC2)s1.COC(=O)C1CC1c1nncs1.Clc1cc(NC2COC2)c(I)cn1. The molecule has 5 saturated heterocycles. The van der Waals surface area contributed by atoms with Gasteiger partial charge in [0.2, 0.25) is 0 Å². The fourth-order valence-corrected chi connectivity index (χ4v) is 19.4. The van der Waals surface area contributed by atoms with Crippen molar-refractivity contribution >= 4 is 161 Å². The van der Waals surface area contributed by atoms with Crippen LogP contribution >= 0.6 is 103 Å². The molecule has 4 aliphatic carbocycles. The van der Waals surface area contributed by atoms with Crippen molar-refractivity contribution in [2.24, 2.45) is 23.7 Å². The van der Waals surface area contributed by atoms with E-state index in [9.17, 15) is 19.8 Å². The number of aromatic nitrogens is 16. The summed E-state index contributed by atoms with van der Waals surface area (Å²) in [6.07, 6.45) is 13.6. The Labute approximate surface area is 775 Å². The molecule has 4 saturated carbocycles. The molecule has 12 aromatic heterocycles. The number of nitriles is 2. The Kier molecular flexibility index (Phi) is 27.5. The number of ether oxygens (including phenoxy) is 6. The summed E-state index contributed by atoms with van der Waals surface area (Å²) in [6, 6.07) is 24.2. The Morgan fingerprint density at radius 2 is 0.921 bits per heavy atom. The van der Waals surface area contributed by atoms with Crippen LogP contribution in [0.2, 0.25) is 15.5 Å². The summed E-state index contributed by atoms with van der Waals surface area (Å²) in [6.45, 7) is 21.1. The molecule has 0 radical (unpaired) electrons. The third kappa shape index (κ3) is 21.4. The van der Waals surface area contributed by atoms with Crippen molar-refractivity contribution in [3.05, 3.63) is 154 Å². The summed E-state index contributed by atoms with van der Waals surface area (Å²) in [7, 11) is 2.37. The molecule has 6 N–H and O–H groups in total. The van der Waals surface area contributed by atoms with Gasteiger partial charge >= 0.3 is 19.1 Å². The van der Waals surface area contributed by atoms with Gasteiger partial charge in [-0.2, -0.15) is 20.7 Å². The number of fused-ring (bicyclic) bond motifs is 2. The van der Waals surface area contributed by atoms with Crippen LogP contribution in [0.15, 0.2) is 103 Å². The molecule has 12 aromatic rings. The normalized spacial score (nSPS) is 21.6. The van der Waals surface area contributed by atoms with E-state index in [0.717, 1.165) is 145 Å². The summed E-state index contributed by atoms with van der Waals surface area (Å²) in [5, 5.41) is 102. The van der Waals surface area contributed by atoms with Gasteiger partial charge in [-0.1, -0.05) is 68.8 Å². The number of rotatable bonds is 21. The maximum Gasteiger partial charge on any atom is 0.514 e. The number of nitrogens with one attached hydrogen (secondary N) is 4. The molecule has 43 heteroatoms. The van der Waals surface area contributed by atoms with Crippen molar-refractivity contribution in [3.63, 3.8) is 0 Å². The number of carbonyl (C=O) groups excluding carboxylic acids is 2. The van der Waals surface area contributed by atoms with Gasteiger partial charge < -0.3 is 69.2 Å². The lowest BCUT2D eigenvalue weighted by Gasteiger charge is -2.32. The minimum absolute atomic E-state index is 0.0305. The van der Waals surface area contributed by atoms with E-state index in [1.807, 2.05) is 104 Å². The monoisotopic (exact) mass is 1970 g/mol. The molecule has 0 spiro atoms. The minimum Gasteiger partial charge on any atom is -0.469 e. The third-order valence-electron chi connectivity index (χ3n) is 23.1. The molecule has 8 atom stereocenters. The molecule has 0 bridgehead atoms. The van der Waals surface area contributed by atoms with E-state index in [1.165, 1.54) is 36.9 Å². The van der Waals surface area contributed by atoms with Crippen LogP contribution in [0.3, 0.4) is 0 Å². The summed E-state index contributed by atoms with van der Waals surface area (Å²) < 4.78 is 46.9. The van der Waals surface area contributed by atoms with Gasteiger partial charge in [0.1, 0.15) is 53.1 Å². The molecule has 21 rings (SSSR count).